The van der Waals surface area contributed by atoms with Crippen LogP contribution >= 0.6 is 0 Å². The second-order valence-electron chi connectivity index (χ2n) is 7.57. The first-order chi connectivity index (χ1) is 11.7. The van der Waals surface area contributed by atoms with E-state index in [2.05, 4.69) is 6.58 Å². The molecule has 1 heterocycles. The Kier molecular flexibility index (Phi) is 5.88. The Morgan fingerprint density at radius 2 is 2.00 bits per heavy atom. The fraction of sp³-hybridized carbons (Fsp3) is 0.500. The number of ether oxygens (including phenoxy) is 1. The molecule has 25 heavy (non-hydrogen) atoms. The van der Waals surface area contributed by atoms with E-state index in [0.29, 0.717) is 13.0 Å². The number of carbonyl (C=O) groups excluding carboxylic acids is 1. The second kappa shape index (κ2) is 7.72. The molecule has 0 bridgehead atoms. The van der Waals surface area contributed by atoms with Gasteiger partial charge in [-0.1, -0.05) is 36.4 Å². The van der Waals surface area contributed by atoms with Gasteiger partial charge in [0.25, 0.3) is 0 Å². The number of carboxylic acid groups (broad SMARTS) is 1. The molecule has 1 aliphatic rings. The van der Waals surface area contributed by atoms with Crippen LogP contribution in [0.25, 0.3) is 0 Å². The molecule has 0 radical (unpaired) electrons. The Morgan fingerprint density at radius 1 is 1.36 bits per heavy atom. The molecule has 136 valence electrons. The third-order valence-electron chi connectivity index (χ3n) is 4.47. The van der Waals surface area contributed by atoms with E-state index in [-0.39, 0.29) is 11.8 Å². The van der Waals surface area contributed by atoms with Crippen molar-refractivity contribution >= 4 is 12.1 Å². The lowest BCUT2D eigenvalue weighted by Crippen LogP contribution is -2.43. The van der Waals surface area contributed by atoms with Crippen LogP contribution in [-0.4, -0.2) is 40.3 Å². The molecule has 0 saturated carbocycles. The van der Waals surface area contributed by atoms with E-state index in [9.17, 15) is 14.7 Å². The van der Waals surface area contributed by atoms with Gasteiger partial charge in [-0.05, 0) is 51.0 Å². The maximum absolute atomic E-state index is 12.4. The second-order valence-corrected chi connectivity index (χ2v) is 7.57. The van der Waals surface area contributed by atoms with E-state index >= 15 is 0 Å². The number of benzene rings is 1. The van der Waals surface area contributed by atoms with E-state index in [0.717, 1.165) is 6.42 Å². The molecule has 1 unspecified atom stereocenters. The van der Waals surface area contributed by atoms with Gasteiger partial charge >= 0.3 is 12.1 Å². The van der Waals surface area contributed by atoms with Crippen molar-refractivity contribution in [1.82, 2.24) is 4.90 Å². The monoisotopic (exact) mass is 345 g/mol. The Balaban J connectivity index is 2.13. The predicted molar refractivity (Wildman–Crippen MR) is 96.3 cm³/mol. The Hall–Kier alpha value is -2.30. The zero-order chi connectivity index (χ0) is 18.6. The Morgan fingerprint density at radius 3 is 2.52 bits per heavy atom. The number of hydrogen-bond donors (Lipinski definition) is 1. The van der Waals surface area contributed by atoms with Crippen LogP contribution in [0.15, 0.2) is 43.0 Å². The molecule has 1 saturated heterocycles. The van der Waals surface area contributed by atoms with Crippen molar-refractivity contribution in [2.45, 2.75) is 45.3 Å². The first-order valence-electron chi connectivity index (χ1n) is 8.60. The SMILES string of the molecule is C=CC(Cc1ccccc1)[C@H]1C[C@@H](C(=O)O)N(C(=O)OC(C)(C)C)C1. The molecule has 5 heteroatoms. The first kappa shape index (κ1) is 19.0. The minimum absolute atomic E-state index is 0.0475. The van der Waals surface area contributed by atoms with Crippen LogP contribution in [0, 0.1) is 11.8 Å². The number of hydrogen-bond acceptors (Lipinski definition) is 3. The fourth-order valence-electron chi connectivity index (χ4n) is 3.26. The standard InChI is InChI=1S/C20H27NO4/c1-5-15(11-14-9-7-6-8-10-14)16-12-17(18(22)23)21(13-16)19(24)25-20(2,3)4/h5-10,15-17H,1,11-13H2,2-4H3,(H,22,23)/t15?,16-,17-/m0/s1. The van der Waals surface area contributed by atoms with Gasteiger partial charge < -0.3 is 9.84 Å². The smallest absolute Gasteiger partial charge is 0.411 e. The van der Waals surface area contributed by atoms with Gasteiger partial charge in [-0.3, -0.25) is 4.90 Å². The summed E-state index contributed by atoms with van der Waals surface area (Å²) >= 11 is 0. The summed E-state index contributed by atoms with van der Waals surface area (Å²) in [6.07, 6.45) is 2.50. The van der Waals surface area contributed by atoms with Gasteiger partial charge in [-0.2, -0.15) is 0 Å². The number of likely N-dealkylation sites (tertiary alicyclic amines) is 1. The quantitative estimate of drug-likeness (QED) is 0.826. The molecule has 1 fully saturated rings. The van der Waals surface area contributed by atoms with Crippen molar-refractivity contribution < 1.29 is 19.4 Å². The van der Waals surface area contributed by atoms with Crippen LogP contribution in [0.5, 0.6) is 0 Å². The molecule has 0 aliphatic carbocycles. The van der Waals surface area contributed by atoms with Gasteiger partial charge in [-0.15, -0.1) is 6.58 Å². The van der Waals surface area contributed by atoms with Crippen LogP contribution in [0.4, 0.5) is 4.79 Å². The normalized spacial score (nSPS) is 21.6. The van der Waals surface area contributed by atoms with Crippen LogP contribution in [0.3, 0.4) is 0 Å². The molecular weight excluding hydrogens is 318 g/mol. The molecule has 1 N–H and O–H groups in total. The molecule has 2 rings (SSSR count). The summed E-state index contributed by atoms with van der Waals surface area (Å²) in [4.78, 5) is 25.4. The highest BCUT2D eigenvalue weighted by Crippen LogP contribution is 2.33. The van der Waals surface area contributed by atoms with Crippen molar-refractivity contribution in [3.63, 3.8) is 0 Å². The summed E-state index contributed by atoms with van der Waals surface area (Å²) in [7, 11) is 0. The van der Waals surface area contributed by atoms with E-state index in [1.54, 1.807) is 20.8 Å². The zero-order valence-electron chi connectivity index (χ0n) is 15.1. The molecule has 5 nitrogen and oxygen atoms in total. The van der Waals surface area contributed by atoms with Gasteiger partial charge in [0.2, 0.25) is 0 Å². The van der Waals surface area contributed by atoms with Crippen LogP contribution in [-0.2, 0) is 16.0 Å². The molecule has 3 atom stereocenters. The average Bonchev–Trinajstić information content (AvgIpc) is 2.97. The third kappa shape index (κ3) is 5.08. The lowest BCUT2D eigenvalue weighted by Gasteiger charge is -2.27. The fourth-order valence-corrected chi connectivity index (χ4v) is 3.26. The summed E-state index contributed by atoms with van der Waals surface area (Å²) in [5, 5.41) is 9.52. The maximum Gasteiger partial charge on any atom is 0.411 e. The van der Waals surface area contributed by atoms with Crippen molar-refractivity contribution in [3.05, 3.63) is 48.6 Å². The highest BCUT2D eigenvalue weighted by atomic mass is 16.6. The van der Waals surface area contributed by atoms with Gasteiger partial charge in [0.15, 0.2) is 0 Å². The zero-order valence-corrected chi connectivity index (χ0v) is 15.1. The lowest BCUT2D eigenvalue weighted by atomic mass is 9.85. The highest BCUT2D eigenvalue weighted by molar-refractivity contribution is 5.81. The third-order valence-corrected chi connectivity index (χ3v) is 4.47. The van der Waals surface area contributed by atoms with Crippen LogP contribution in [0.1, 0.15) is 32.8 Å². The van der Waals surface area contributed by atoms with E-state index in [1.165, 1.54) is 10.5 Å². The largest absolute Gasteiger partial charge is 0.480 e. The molecule has 1 amide bonds. The van der Waals surface area contributed by atoms with Gasteiger partial charge in [-0.25, -0.2) is 9.59 Å². The number of nitrogens with zero attached hydrogens (tertiary/aromatic N) is 1. The number of amides is 1. The van der Waals surface area contributed by atoms with Crippen LogP contribution < -0.4 is 0 Å². The van der Waals surface area contributed by atoms with E-state index < -0.39 is 23.7 Å². The van der Waals surface area contributed by atoms with E-state index in [1.807, 2.05) is 36.4 Å². The van der Waals surface area contributed by atoms with Gasteiger partial charge in [0, 0.05) is 6.54 Å². The first-order valence-corrected chi connectivity index (χ1v) is 8.60. The Labute approximate surface area is 149 Å². The number of carbonyl (C=O) groups is 2. The van der Waals surface area contributed by atoms with Crippen molar-refractivity contribution in [2.75, 3.05) is 6.54 Å². The summed E-state index contributed by atoms with van der Waals surface area (Å²) in [5.74, 6) is -0.834. The van der Waals surface area contributed by atoms with Crippen molar-refractivity contribution in [1.29, 1.82) is 0 Å². The van der Waals surface area contributed by atoms with Gasteiger partial charge in [0.1, 0.15) is 11.6 Å². The number of allylic oxidation sites excluding steroid dienone is 1. The summed E-state index contributed by atoms with van der Waals surface area (Å²) < 4.78 is 5.38. The van der Waals surface area contributed by atoms with Crippen LogP contribution in [0.2, 0.25) is 0 Å². The lowest BCUT2D eigenvalue weighted by molar-refractivity contribution is -0.142. The Bertz CT molecular complexity index is 620. The van der Waals surface area contributed by atoms with Crippen molar-refractivity contribution in [2.24, 2.45) is 11.8 Å². The molecule has 0 aromatic heterocycles. The summed E-state index contributed by atoms with van der Waals surface area (Å²) in [6, 6.07) is 9.18. The van der Waals surface area contributed by atoms with E-state index in [4.69, 9.17) is 4.74 Å². The van der Waals surface area contributed by atoms with Gasteiger partial charge in [0.05, 0.1) is 0 Å². The number of carboxylic acids is 1. The molecular formula is C20H27NO4. The molecule has 1 aromatic rings. The predicted octanol–water partition coefficient (Wildman–Crippen LogP) is 3.74. The maximum atomic E-state index is 12.4. The summed E-state index contributed by atoms with van der Waals surface area (Å²) in [6.45, 7) is 9.61. The molecule has 0 spiro atoms. The molecule has 1 aromatic carbocycles. The van der Waals surface area contributed by atoms with Crippen molar-refractivity contribution in [3.8, 4) is 0 Å². The minimum Gasteiger partial charge on any atom is -0.480 e. The average molecular weight is 345 g/mol. The minimum atomic E-state index is -0.990. The topological polar surface area (TPSA) is 66.8 Å². The number of aliphatic carboxylic acids is 1. The molecule has 1 aliphatic heterocycles. The highest BCUT2D eigenvalue weighted by Gasteiger charge is 2.43. The number of rotatable bonds is 5. The summed E-state index contributed by atoms with van der Waals surface area (Å²) in [5.41, 5.74) is 0.523.